The largest absolute Gasteiger partial charge is 0.496 e. The number of nitro benzene ring substituents is 1. The number of nitrogens with zero attached hydrogens (tertiary/aromatic N) is 1. The lowest BCUT2D eigenvalue weighted by Crippen LogP contribution is -2.02. The summed E-state index contributed by atoms with van der Waals surface area (Å²) in [7, 11) is 1.42. The normalized spacial score (nSPS) is 10.1. The van der Waals surface area contributed by atoms with Crippen LogP contribution in [0.4, 0.5) is 11.4 Å². The van der Waals surface area contributed by atoms with Gasteiger partial charge in [0.1, 0.15) is 23.5 Å². The molecule has 0 saturated heterocycles. The molecule has 21 heavy (non-hydrogen) atoms. The van der Waals surface area contributed by atoms with E-state index >= 15 is 0 Å². The van der Waals surface area contributed by atoms with Crippen LogP contribution in [0.2, 0.25) is 0 Å². The van der Waals surface area contributed by atoms with E-state index in [2.05, 4.69) is 5.32 Å². The second-order valence-corrected chi connectivity index (χ2v) is 4.10. The maximum atomic E-state index is 11.0. The molecule has 0 radical (unpaired) electrons. The molecule has 8 nitrogen and oxygen atoms in total. The molecule has 0 atom stereocenters. The van der Waals surface area contributed by atoms with E-state index < -0.39 is 10.9 Å². The van der Waals surface area contributed by atoms with Gasteiger partial charge in [-0.3, -0.25) is 10.1 Å². The second kappa shape index (κ2) is 5.95. The fourth-order valence-corrected chi connectivity index (χ4v) is 1.71. The van der Waals surface area contributed by atoms with Crippen molar-refractivity contribution in [3.63, 3.8) is 0 Å². The first-order chi connectivity index (χ1) is 10.0. The predicted octanol–water partition coefficient (Wildman–Crippen LogP) is 2.51. The number of furan rings is 1. The Hall–Kier alpha value is -3.03. The van der Waals surface area contributed by atoms with Crippen LogP contribution in [0.5, 0.6) is 5.75 Å². The van der Waals surface area contributed by atoms with E-state index in [9.17, 15) is 14.9 Å². The zero-order valence-electron chi connectivity index (χ0n) is 11.0. The van der Waals surface area contributed by atoms with Gasteiger partial charge in [-0.15, -0.1) is 0 Å². The Bertz CT molecular complexity index is 679. The van der Waals surface area contributed by atoms with E-state index in [1.165, 1.54) is 25.3 Å². The molecule has 0 aliphatic carbocycles. The van der Waals surface area contributed by atoms with Crippen LogP contribution in [0.1, 0.15) is 16.1 Å². The molecule has 1 aromatic heterocycles. The molecule has 2 rings (SSSR count). The van der Waals surface area contributed by atoms with Gasteiger partial charge in [0.2, 0.25) is 0 Å². The fourth-order valence-electron chi connectivity index (χ4n) is 1.71. The Morgan fingerprint density at radius 2 is 2.24 bits per heavy atom. The average molecular weight is 292 g/mol. The van der Waals surface area contributed by atoms with Gasteiger partial charge in [0.25, 0.3) is 5.69 Å². The number of hydrogen-bond donors (Lipinski definition) is 2. The first-order valence-corrected chi connectivity index (χ1v) is 5.88. The van der Waals surface area contributed by atoms with Crippen molar-refractivity contribution in [3.05, 3.63) is 52.0 Å². The lowest BCUT2D eigenvalue weighted by molar-refractivity contribution is -0.384. The van der Waals surface area contributed by atoms with Crippen molar-refractivity contribution < 1.29 is 24.0 Å². The van der Waals surface area contributed by atoms with E-state index in [0.717, 1.165) is 6.26 Å². The van der Waals surface area contributed by atoms with Crippen molar-refractivity contribution in [3.8, 4) is 5.75 Å². The maximum absolute atomic E-state index is 11.0. The number of aromatic carboxylic acids is 1. The highest BCUT2D eigenvalue weighted by Crippen LogP contribution is 2.29. The lowest BCUT2D eigenvalue weighted by Gasteiger charge is -2.07. The van der Waals surface area contributed by atoms with Crippen LogP contribution in [0.15, 0.2) is 34.9 Å². The topological polar surface area (TPSA) is 115 Å². The zero-order chi connectivity index (χ0) is 15.4. The van der Waals surface area contributed by atoms with Crippen LogP contribution in [-0.4, -0.2) is 23.1 Å². The Labute approximate surface area is 119 Å². The third-order valence-electron chi connectivity index (χ3n) is 2.76. The summed E-state index contributed by atoms with van der Waals surface area (Å²) in [6.45, 7) is 0.125. The predicted molar refractivity (Wildman–Crippen MR) is 72.6 cm³/mol. The van der Waals surface area contributed by atoms with Gasteiger partial charge in [0.05, 0.1) is 30.2 Å². The zero-order valence-corrected chi connectivity index (χ0v) is 11.0. The van der Waals surface area contributed by atoms with Gasteiger partial charge in [-0.1, -0.05) is 0 Å². The molecule has 2 aromatic rings. The third kappa shape index (κ3) is 3.30. The highest BCUT2D eigenvalue weighted by molar-refractivity contribution is 5.87. The number of anilines is 1. The first-order valence-electron chi connectivity index (χ1n) is 5.88. The summed E-state index contributed by atoms with van der Waals surface area (Å²) < 4.78 is 9.99. The Morgan fingerprint density at radius 1 is 1.48 bits per heavy atom. The Morgan fingerprint density at radius 3 is 2.81 bits per heavy atom. The molecule has 0 unspecified atom stereocenters. The summed E-state index contributed by atoms with van der Waals surface area (Å²) in [5.74, 6) is -0.364. The minimum absolute atomic E-state index is 0.0241. The molecular weight excluding hydrogens is 280 g/mol. The molecule has 2 N–H and O–H groups in total. The Kier molecular flexibility index (Phi) is 4.07. The number of hydrogen-bond acceptors (Lipinski definition) is 6. The van der Waals surface area contributed by atoms with Crippen molar-refractivity contribution in [2.24, 2.45) is 0 Å². The average Bonchev–Trinajstić information content (AvgIpc) is 2.94. The van der Waals surface area contributed by atoms with Crippen LogP contribution in [0.25, 0.3) is 0 Å². The number of ether oxygens (including phenoxy) is 1. The van der Waals surface area contributed by atoms with E-state index in [1.807, 2.05) is 0 Å². The molecule has 0 saturated carbocycles. The summed E-state index contributed by atoms with van der Waals surface area (Å²) >= 11 is 0. The van der Waals surface area contributed by atoms with Crippen LogP contribution < -0.4 is 10.1 Å². The van der Waals surface area contributed by atoms with Crippen LogP contribution in [0.3, 0.4) is 0 Å². The van der Waals surface area contributed by atoms with Crippen molar-refractivity contribution in [1.82, 2.24) is 0 Å². The van der Waals surface area contributed by atoms with Crippen molar-refractivity contribution in [1.29, 1.82) is 0 Å². The summed E-state index contributed by atoms with van der Waals surface area (Å²) in [6, 6.07) is 5.75. The molecule has 0 aliphatic heterocycles. The molecule has 0 aliphatic rings. The van der Waals surface area contributed by atoms with E-state index in [4.69, 9.17) is 14.3 Å². The van der Waals surface area contributed by atoms with Crippen LogP contribution in [0, 0.1) is 10.1 Å². The van der Waals surface area contributed by atoms with Crippen molar-refractivity contribution >= 4 is 17.3 Å². The van der Waals surface area contributed by atoms with Crippen molar-refractivity contribution in [2.45, 2.75) is 6.54 Å². The van der Waals surface area contributed by atoms with Crippen LogP contribution >= 0.6 is 0 Å². The number of nitro groups is 1. The number of benzene rings is 1. The molecular formula is C13H12N2O6. The highest BCUT2D eigenvalue weighted by atomic mass is 16.6. The quantitative estimate of drug-likeness (QED) is 0.620. The van der Waals surface area contributed by atoms with E-state index in [0.29, 0.717) is 11.5 Å². The SMILES string of the molecule is COc1ccc(NCc2cc(C(=O)O)co2)c([N+](=O)[O-])c1. The van der Waals surface area contributed by atoms with Gasteiger partial charge >= 0.3 is 5.97 Å². The lowest BCUT2D eigenvalue weighted by atomic mass is 10.2. The minimum atomic E-state index is -1.10. The molecule has 1 heterocycles. The fraction of sp³-hybridized carbons (Fsp3) is 0.154. The van der Waals surface area contributed by atoms with Gasteiger partial charge in [0.15, 0.2) is 0 Å². The van der Waals surface area contributed by atoms with Crippen molar-refractivity contribution in [2.75, 3.05) is 12.4 Å². The minimum Gasteiger partial charge on any atom is -0.496 e. The summed E-state index contributed by atoms with van der Waals surface area (Å²) in [4.78, 5) is 21.2. The molecule has 0 fully saturated rings. The molecule has 1 aromatic carbocycles. The summed E-state index contributed by atoms with van der Waals surface area (Å²) in [6.07, 6.45) is 1.11. The van der Waals surface area contributed by atoms with Crippen LogP contribution in [-0.2, 0) is 6.54 Å². The number of methoxy groups -OCH3 is 1. The summed E-state index contributed by atoms with van der Waals surface area (Å²) in [5.41, 5.74) is 0.171. The van der Waals surface area contributed by atoms with E-state index in [-0.39, 0.29) is 23.5 Å². The maximum Gasteiger partial charge on any atom is 0.338 e. The molecule has 8 heteroatoms. The molecule has 110 valence electrons. The number of carbonyl (C=O) groups is 1. The number of carboxylic acid groups (broad SMARTS) is 1. The third-order valence-corrected chi connectivity index (χ3v) is 2.76. The number of rotatable bonds is 6. The molecule has 0 amide bonds. The molecule has 0 spiro atoms. The van der Waals surface area contributed by atoms with Gasteiger partial charge in [-0.2, -0.15) is 0 Å². The number of carboxylic acids is 1. The van der Waals surface area contributed by atoms with Gasteiger partial charge in [-0.05, 0) is 18.2 Å². The molecule has 0 bridgehead atoms. The van der Waals surface area contributed by atoms with E-state index in [1.54, 1.807) is 6.07 Å². The number of nitrogens with one attached hydrogen (secondary N) is 1. The first kappa shape index (κ1) is 14.4. The standard InChI is InChI=1S/C13H12N2O6/c1-20-9-2-3-11(12(5-9)15(18)19)14-6-10-4-8(7-21-10)13(16)17/h2-5,7,14H,6H2,1H3,(H,16,17). The highest BCUT2D eigenvalue weighted by Gasteiger charge is 2.16. The monoisotopic (exact) mass is 292 g/mol. The smallest absolute Gasteiger partial charge is 0.338 e. The van der Waals surface area contributed by atoms with Gasteiger partial charge in [-0.25, -0.2) is 4.79 Å². The van der Waals surface area contributed by atoms with Gasteiger partial charge in [0, 0.05) is 0 Å². The Balaban J connectivity index is 2.15. The second-order valence-electron chi connectivity index (χ2n) is 4.10. The summed E-state index contributed by atoms with van der Waals surface area (Å²) in [5, 5.41) is 22.6. The van der Waals surface area contributed by atoms with Gasteiger partial charge < -0.3 is 19.6 Å².